The number of halogens is 1. The summed E-state index contributed by atoms with van der Waals surface area (Å²) in [6.07, 6.45) is 0. The van der Waals surface area contributed by atoms with Crippen LogP contribution in [0.15, 0.2) is 10.5 Å². The number of ether oxygens (including phenoxy) is 1. The lowest BCUT2D eigenvalue weighted by Crippen LogP contribution is -2.03. The molecule has 0 unspecified atom stereocenters. The Morgan fingerprint density at radius 2 is 2.54 bits per heavy atom. The summed E-state index contributed by atoms with van der Waals surface area (Å²) < 4.78 is 9.45. The first kappa shape index (κ1) is 9.62. The van der Waals surface area contributed by atoms with Gasteiger partial charge in [0.05, 0.1) is 11.6 Å². The van der Waals surface area contributed by atoms with E-state index in [1.54, 1.807) is 13.0 Å². The number of hydrogen-bond acceptors (Lipinski definition) is 4. The van der Waals surface area contributed by atoms with E-state index in [1.165, 1.54) is 6.07 Å². The van der Waals surface area contributed by atoms with Crippen molar-refractivity contribution in [2.24, 2.45) is 0 Å². The highest BCUT2D eigenvalue weighted by Gasteiger charge is 2.17. The van der Waals surface area contributed by atoms with Crippen LogP contribution in [0.3, 0.4) is 0 Å². The third-order valence-electron chi connectivity index (χ3n) is 1.26. The Morgan fingerprint density at radius 1 is 1.85 bits per heavy atom. The predicted molar refractivity (Wildman–Crippen MR) is 44.4 cm³/mol. The lowest BCUT2D eigenvalue weighted by atomic mass is 10.4. The van der Waals surface area contributed by atoms with Crippen molar-refractivity contribution in [1.29, 1.82) is 5.26 Å². The van der Waals surface area contributed by atoms with E-state index in [0.29, 0.717) is 0 Å². The molecule has 1 aromatic rings. The SMILES string of the molecule is CCOC(=O)c1oc(C#N)cc1Cl. The fraction of sp³-hybridized carbons (Fsp3) is 0.250. The molecule has 0 saturated heterocycles. The molecule has 4 nitrogen and oxygen atoms in total. The summed E-state index contributed by atoms with van der Waals surface area (Å²) in [4.78, 5) is 11.1. The highest BCUT2D eigenvalue weighted by Crippen LogP contribution is 2.21. The van der Waals surface area contributed by atoms with Gasteiger partial charge in [-0.25, -0.2) is 4.79 Å². The molecule has 1 rings (SSSR count). The van der Waals surface area contributed by atoms with Gasteiger partial charge in [0.15, 0.2) is 0 Å². The van der Waals surface area contributed by atoms with Crippen LogP contribution in [-0.4, -0.2) is 12.6 Å². The number of nitrogens with zero attached hydrogens (tertiary/aromatic N) is 1. The molecule has 0 fully saturated rings. The van der Waals surface area contributed by atoms with E-state index in [9.17, 15) is 4.79 Å². The van der Waals surface area contributed by atoms with Crippen molar-refractivity contribution in [1.82, 2.24) is 0 Å². The zero-order chi connectivity index (χ0) is 9.84. The summed E-state index contributed by atoms with van der Waals surface area (Å²) in [7, 11) is 0. The Bertz CT molecular complexity index is 364. The smallest absolute Gasteiger partial charge is 0.375 e. The first-order valence-electron chi connectivity index (χ1n) is 3.55. The monoisotopic (exact) mass is 199 g/mol. The highest BCUT2D eigenvalue weighted by atomic mass is 35.5. The molecule has 0 bridgehead atoms. The van der Waals surface area contributed by atoms with Gasteiger partial charge in [0, 0.05) is 6.07 Å². The second-order valence-electron chi connectivity index (χ2n) is 2.12. The standard InChI is InChI=1S/C8H6ClNO3/c1-2-12-8(11)7-6(9)3-5(4-10)13-7/h3H,2H2,1H3. The molecule has 0 aliphatic carbocycles. The third kappa shape index (κ3) is 2.01. The lowest BCUT2D eigenvalue weighted by molar-refractivity contribution is 0.0489. The van der Waals surface area contributed by atoms with Gasteiger partial charge >= 0.3 is 5.97 Å². The molecule has 0 aliphatic heterocycles. The average molecular weight is 200 g/mol. The van der Waals surface area contributed by atoms with Gasteiger partial charge in [-0.2, -0.15) is 5.26 Å². The fourth-order valence-corrected chi connectivity index (χ4v) is 0.975. The molecule has 0 atom stereocenters. The second-order valence-corrected chi connectivity index (χ2v) is 2.53. The zero-order valence-electron chi connectivity index (χ0n) is 6.83. The maximum absolute atomic E-state index is 11.1. The van der Waals surface area contributed by atoms with Crippen molar-refractivity contribution in [3.8, 4) is 6.07 Å². The van der Waals surface area contributed by atoms with Crippen LogP contribution < -0.4 is 0 Å². The largest absolute Gasteiger partial charge is 0.460 e. The number of carbonyl (C=O) groups excluding carboxylic acids is 1. The minimum absolute atomic E-state index is 0.00643. The van der Waals surface area contributed by atoms with Crippen molar-refractivity contribution in [3.63, 3.8) is 0 Å². The van der Waals surface area contributed by atoms with Crippen molar-refractivity contribution in [3.05, 3.63) is 22.6 Å². The summed E-state index contributed by atoms with van der Waals surface area (Å²) in [5.41, 5.74) is 0. The van der Waals surface area contributed by atoms with Crippen LogP contribution in [0.5, 0.6) is 0 Å². The maximum Gasteiger partial charge on any atom is 0.375 e. The molecule has 1 heterocycles. The highest BCUT2D eigenvalue weighted by molar-refractivity contribution is 6.33. The number of rotatable bonds is 2. The van der Waals surface area contributed by atoms with E-state index in [1.807, 2.05) is 0 Å². The minimum Gasteiger partial charge on any atom is -0.460 e. The van der Waals surface area contributed by atoms with E-state index in [-0.39, 0.29) is 23.2 Å². The summed E-state index contributed by atoms with van der Waals surface area (Å²) in [5, 5.41) is 8.53. The molecule has 68 valence electrons. The Hall–Kier alpha value is -1.47. The van der Waals surface area contributed by atoms with E-state index in [0.717, 1.165) is 0 Å². The summed E-state index contributed by atoms with van der Waals surface area (Å²) in [5.74, 6) is -0.790. The number of furan rings is 1. The molecule has 0 N–H and O–H groups in total. The normalized spacial score (nSPS) is 9.31. The number of carbonyl (C=O) groups is 1. The Balaban J connectivity index is 2.95. The lowest BCUT2D eigenvalue weighted by Gasteiger charge is -1.96. The van der Waals surface area contributed by atoms with Crippen molar-refractivity contribution < 1.29 is 13.9 Å². The molecule has 0 saturated carbocycles. The molecule has 0 amide bonds. The van der Waals surface area contributed by atoms with Gasteiger partial charge in [-0.15, -0.1) is 0 Å². The topological polar surface area (TPSA) is 63.2 Å². The van der Waals surface area contributed by atoms with Gasteiger partial charge in [0.2, 0.25) is 11.5 Å². The van der Waals surface area contributed by atoms with Crippen LogP contribution >= 0.6 is 11.6 Å². The van der Waals surface area contributed by atoms with Crippen molar-refractivity contribution in [2.75, 3.05) is 6.61 Å². The zero-order valence-corrected chi connectivity index (χ0v) is 7.59. The summed E-state index contributed by atoms with van der Waals surface area (Å²) >= 11 is 5.61. The molecule has 1 aromatic heterocycles. The number of hydrogen-bond donors (Lipinski definition) is 0. The Labute approximate surface area is 79.7 Å². The summed E-state index contributed by atoms with van der Waals surface area (Å²) in [6.45, 7) is 1.90. The van der Waals surface area contributed by atoms with E-state index >= 15 is 0 Å². The molecular weight excluding hydrogens is 194 g/mol. The van der Waals surface area contributed by atoms with Gasteiger partial charge < -0.3 is 9.15 Å². The van der Waals surface area contributed by atoms with E-state index in [4.69, 9.17) is 21.3 Å². The van der Waals surface area contributed by atoms with Crippen LogP contribution in [0.25, 0.3) is 0 Å². The Kier molecular flexibility index (Phi) is 2.93. The molecular formula is C8H6ClNO3. The van der Waals surface area contributed by atoms with Gasteiger partial charge in [-0.3, -0.25) is 0 Å². The van der Waals surface area contributed by atoms with Crippen LogP contribution in [0, 0.1) is 11.3 Å². The number of esters is 1. The molecule has 0 spiro atoms. The average Bonchev–Trinajstić information content (AvgIpc) is 2.47. The number of nitriles is 1. The molecule has 0 aliphatic rings. The maximum atomic E-state index is 11.1. The Morgan fingerprint density at radius 3 is 3.00 bits per heavy atom. The van der Waals surface area contributed by atoms with Crippen LogP contribution in [0.1, 0.15) is 23.2 Å². The first-order chi connectivity index (χ1) is 6.19. The van der Waals surface area contributed by atoms with Crippen molar-refractivity contribution >= 4 is 17.6 Å². The van der Waals surface area contributed by atoms with Gasteiger partial charge in [-0.05, 0) is 6.92 Å². The molecule has 0 aromatic carbocycles. The van der Waals surface area contributed by atoms with Crippen LogP contribution in [-0.2, 0) is 4.74 Å². The third-order valence-corrected chi connectivity index (χ3v) is 1.54. The molecule has 13 heavy (non-hydrogen) atoms. The fourth-order valence-electron chi connectivity index (χ4n) is 0.760. The quantitative estimate of drug-likeness (QED) is 0.684. The minimum atomic E-state index is -0.658. The van der Waals surface area contributed by atoms with Gasteiger partial charge in [0.1, 0.15) is 6.07 Å². The van der Waals surface area contributed by atoms with Crippen LogP contribution in [0.2, 0.25) is 5.02 Å². The van der Waals surface area contributed by atoms with Crippen LogP contribution in [0.4, 0.5) is 0 Å². The van der Waals surface area contributed by atoms with E-state index in [2.05, 4.69) is 4.74 Å². The van der Waals surface area contributed by atoms with E-state index < -0.39 is 5.97 Å². The predicted octanol–water partition coefficient (Wildman–Crippen LogP) is 1.98. The van der Waals surface area contributed by atoms with Gasteiger partial charge in [-0.1, -0.05) is 11.6 Å². The summed E-state index contributed by atoms with van der Waals surface area (Å²) in [6, 6.07) is 3.00. The van der Waals surface area contributed by atoms with Crippen molar-refractivity contribution in [2.45, 2.75) is 6.92 Å². The second kappa shape index (κ2) is 3.97. The van der Waals surface area contributed by atoms with Gasteiger partial charge in [0.25, 0.3) is 0 Å². The molecule has 0 radical (unpaired) electrons. The molecule has 5 heteroatoms. The first-order valence-corrected chi connectivity index (χ1v) is 3.93.